The van der Waals surface area contributed by atoms with E-state index in [9.17, 15) is 0 Å². The van der Waals surface area contributed by atoms with E-state index in [0.29, 0.717) is 0 Å². The van der Waals surface area contributed by atoms with Gasteiger partial charge in [-0.3, -0.25) is 4.90 Å². The highest BCUT2D eigenvalue weighted by Gasteiger charge is 2.19. The smallest absolute Gasteiger partial charge is 0.175 e. The van der Waals surface area contributed by atoms with Crippen molar-refractivity contribution in [2.45, 2.75) is 6.54 Å². The fraction of sp³-hybridized carbons (Fsp3) is 0.238. The van der Waals surface area contributed by atoms with Crippen molar-refractivity contribution in [3.63, 3.8) is 0 Å². The fourth-order valence-corrected chi connectivity index (χ4v) is 4.29. The Balaban J connectivity index is 1.17. The van der Waals surface area contributed by atoms with Crippen LogP contribution in [-0.2, 0) is 6.54 Å². The van der Waals surface area contributed by atoms with E-state index in [2.05, 4.69) is 54.7 Å². The lowest BCUT2D eigenvalue weighted by Gasteiger charge is -2.34. The van der Waals surface area contributed by atoms with Crippen LogP contribution in [-0.4, -0.2) is 56.0 Å². The molecule has 0 aliphatic carbocycles. The molecule has 0 amide bonds. The first-order valence-electron chi connectivity index (χ1n) is 9.66. The van der Waals surface area contributed by atoms with Crippen LogP contribution in [0.5, 0.6) is 0 Å². The summed E-state index contributed by atoms with van der Waals surface area (Å²) in [4.78, 5) is 9.55. The Morgan fingerprint density at radius 3 is 2.38 bits per heavy atom. The van der Waals surface area contributed by atoms with Gasteiger partial charge in [0.15, 0.2) is 11.6 Å². The predicted molar refractivity (Wildman–Crippen MR) is 114 cm³/mol. The number of nitrogens with zero attached hydrogens (tertiary/aromatic N) is 7. The second-order valence-corrected chi connectivity index (χ2v) is 7.83. The van der Waals surface area contributed by atoms with Gasteiger partial charge in [0, 0.05) is 56.1 Å². The minimum Gasteiger partial charge on any atom is -0.353 e. The number of aromatic nitrogens is 5. The Bertz CT molecular complexity index is 1040. The van der Waals surface area contributed by atoms with E-state index in [-0.39, 0.29) is 0 Å². The zero-order chi connectivity index (χ0) is 19.5. The summed E-state index contributed by atoms with van der Waals surface area (Å²) < 4.78 is 1.71. The number of hydrogen-bond donors (Lipinski definition) is 0. The average molecular weight is 404 g/mol. The van der Waals surface area contributed by atoms with Crippen LogP contribution in [0.3, 0.4) is 0 Å². The van der Waals surface area contributed by atoms with Gasteiger partial charge in [-0.05, 0) is 18.2 Å². The van der Waals surface area contributed by atoms with Crippen molar-refractivity contribution in [1.29, 1.82) is 0 Å². The zero-order valence-electron chi connectivity index (χ0n) is 15.9. The summed E-state index contributed by atoms with van der Waals surface area (Å²) >= 11 is 1.72. The monoisotopic (exact) mass is 403 g/mol. The third-order valence-electron chi connectivity index (χ3n) is 5.03. The summed E-state index contributed by atoms with van der Waals surface area (Å²) in [5.41, 5.74) is 2.33. The first kappa shape index (κ1) is 18.0. The lowest BCUT2D eigenvalue weighted by atomic mass is 10.2. The summed E-state index contributed by atoms with van der Waals surface area (Å²) in [5.74, 6) is 1.65. The van der Waals surface area contributed by atoms with E-state index < -0.39 is 0 Å². The van der Waals surface area contributed by atoms with Crippen LogP contribution < -0.4 is 4.90 Å². The molecule has 0 saturated carbocycles. The second-order valence-electron chi connectivity index (χ2n) is 6.97. The first-order chi connectivity index (χ1) is 14.3. The number of benzene rings is 1. The molecule has 0 radical (unpaired) electrons. The van der Waals surface area contributed by atoms with Crippen LogP contribution in [0.2, 0.25) is 0 Å². The van der Waals surface area contributed by atoms with Gasteiger partial charge in [0.2, 0.25) is 0 Å². The minimum absolute atomic E-state index is 0.732. The summed E-state index contributed by atoms with van der Waals surface area (Å²) in [6.07, 6.45) is 3.60. The van der Waals surface area contributed by atoms with Crippen molar-refractivity contribution < 1.29 is 0 Å². The number of thiazole rings is 1. The van der Waals surface area contributed by atoms with Crippen molar-refractivity contribution in [2.24, 2.45) is 0 Å². The minimum atomic E-state index is 0.732. The largest absolute Gasteiger partial charge is 0.353 e. The second kappa shape index (κ2) is 8.10. The van der Waals surface area contributed by atoms with Crippen LogP contribution in [0, 0.1) is 0 Å². The maximum Gasteiger partial charge on any atom is 0.175 e. The topological polar surface area (TPSA) is 63.0 Å². The molecular formula is C21H21N7S. The van der Waals surface area contributed by atoms with Crippen molar-refractivity contribution in [3.05, 3.63) is 72.0 Å². The van der Waals surface area contributed by atoms with Gasteiger partial charge in [-0.1, -0.05) is 30.3 Å². The lowest BCUT2D eigenvalue weighted by molar-refractivity contribution is 0.247. The molecule has 146 valence electrons. The fourth-order valence-electron chi connectivity index (χ4n) is 3.47. The Morgan fingerprint density at radius 2 is 1.66 bits per heavy atom. The van der Waals surface area contributed by atoms with E-state index in [1.54, 1.807) is 22.2 Å². The highest BCUT2D eigenvalue weighted by molar-refractivity contribution is 7.13. The van der Waals surface area contributed by atoms with Crippen molar-refractivity contribution in [3.8, 4) is 16.4 Å². The zero-order valence-corrected chi connectivity index (χ0v) is 16.7. The Hall–Kier alpha value is -3.10. The van der Waals surface area contributed by atoms with Gasteiger partial charge < -0.3 is 4.90 Å². The predicted octanol–water partition coefficient (Wildman–Crippen LogP) is 3.11. The molecule has 1 saturated heterocycles. The van der Waals surface area contributed by atoms with Crippen LogP contribution in [0.15, 0.2) is 66.3 Å². The molecule has 1 aliphatic rings. The average Bonchev–Trinajstić information content (AvgIpc) is 3.48. The molecule has 5 rings (SSSR count). The number of anilines is 1. The van der Waals surface area contributed by atoms with Gasteiger partial charge in [0.1, 0.15) is 5.01 Å². The lowest BCUT2D eigenvalue weighted by Crippen LogP contribution is -2.46. The molecule has 0 spiro atoms. The summed E-state index contributed by atoms with van der Waals surface area (Å²) in [7, 11) is 0. The molecule has 7 nitrogen and oxygen atoms in total. The van der Waals surface area contributed by atoms with Crippen LogP contribution in [0.25, 0.3) is 16.4 Å². The molecule has 1 fully saturated rings. The molecular weight excluding hydrogens is 382 g/mol. The SMILES string of the molecule is c1ccc(-c2nc(CN3CCN(c4ccc(-n5cccn5)nn4)CC3)cs2)cc1. The number of hydrogen-bond acceptors (Lipinski definition) is 7. The number of rotatable bonds is 5. The Morgan fingerprint density at radius 1 is 0.862 bits per heavy atom. The van der Waals surface area contributed by atoms with E-state index in [1.807, 2.05) is 30.5 Å². The van der Waals surface area contributed by atoms with Crippen LogP contribution in [0.4, 0.5) is 5.82 Å². The van der Waals surface area contributed by atoms with Gasteiger partial charge >= 0.3 is 0 Å². The van der Waals surface area contributed by atoms with Crippen LogP contribution in [0.1, 0.15) is 5.69 Å². The van der Waals surface area contributed by atoms with Gasteiger partial charge in [0.05, 0.1) is 5.69 Å². The van der Waals surface area contributed by atoms with Gasteiger partial charge in [-0.25, -0.2) is 9.67 Å². The van der Waals surface area contributed by atoms with E-state index in [0.717, 1.165) is 55.1 Å². The van der Waals surface area contributed by atoms with E-state index >= 15 is 0 Å². The van der Waals surface area contributed by atoms with Gasteiger partial charge in [0.25, 0.3) is 0 Å². The van der Waals surface area contributed by atoms with Crippen molar-refractivity contribution in [1.82, 2.24) is 29.9 Å². The molecule has 4 heterocycles. The molecule has 0 atom stereocenters. The molecule has 1 aromatic carbocycles. The third-order valence-corrected chi connectivity index (χ3v) is 5.97. The maximum atomic E-state index is 4.82. The molecule has 29 heavy (non-hydrogen) atoms. The quantitative estimate of drug-likeness (QED) is 0.510. The van der Waals surface area contributed by atoms with Crippen LogP contribution >= 0.6 is 11.3 Å². The van der Waals surface area contributed by atoms with Gasteiger partial charge in [-0.2, -0.15) is 5.10 Å². The number of piperazine rings is 1. The third kappa shape index (κ3) is 4.03. The van der Waals surface area contributed by atoms with Crippen molar-refractivity contribution >= 4 is 17.2 Å². The first-order valence-corrected chi connectivity index (χ1v) is 10.5. The van der Waals surface area contributed by atoms with E-state index in [4.69, 9.17) is 4.98 Å². The molecule has 0 bridgehead atoms. The summed E-state index contributed by atoms with van der Waals surface area (Å²) in [6.45, 7) is 4.74. The van der Waals surface area contributed by atoms with Gasteiger partial charge in [-0.15, -0.1) is 21.5 Å². The molecule has 0 N–H and O–H groups in total. The molecule has 8 heteroatoms. The molecule has 1 aliphatic heterocycles. The Kier molecular flexibility index (Phi) is 5.02. The highest BCUT2D eigenvalue weighted by atomic mass is 32.1. The molecule has 0 unspecified atom stereocenters. The summed E-state index contributed by atoms with van der Waals surface area (Å²) in [5, 5.41) is 16.1. The van der Waals surface area contributed by atoms with E-state index in [1.165, 1.54) is 5.56 Å². The van der Waals surface area contributed by atoms with Crippen molar-refractivity contribution in [2.75, 3.05) is 31.1 Å². The highest BCUT2D eigenvalue weighted by Crippen LogP contribution is 2.24. The molecule has 4 aromatic rings. The Labute approximate surface area is 173 Å². The molecule has 3 aromatic heterocycles. The standard InChI is InChI=1S/C21H21N7S/c1-2-5-17(6-3-1)21-23-18(16-29-21)15-26-11-13-27(14-12-26)19-7-8-20(25-24-19)28-10-4-9-22-28/h1-10,16H,11-15H2. The normalized spacial score (nSPS) is 15.0. The maximum absolute atomic E-state index is 4.82. The summed E-state index contributed by atoms with van der Waals surface area (Å²) in [6, 6.07) is 16.2.